The van der Waals surface area contributed by atoms with Crippen LogP contribution >= 0.6 is 0 Å². The number of ether oxygens (including phenoxy) is 2. The first kappa shape index (κ1) is 20.1. The van der Waals surface area contributed by atoms with Crippen LogP contribution in [0.4, 0.5) is 0 Å². The summed E-state index contributed by atoms with van der Waals surface area (Å²) in [4.78, 5) is 16.9. The topological polar surface area (TPSA) is 84.1 Å². The lowest BCUT2D eigenvalue weighted by atomic mass is 10.1. The van der Waals surface area contributed by atoms with Crippen molar-refractivity contribution in [1.82, 2.24) is 24.5 Å². The Balaban J connectivity index is 1.35. The largest absolute Gasteiger partial charge is 0.495 e. The highest BCUT2D eigenvalue weighted by atomic mass is 16.5. The first-order chi connectivity index (χ1) is 14.6. The van der Waals surface area contributed by atoms with Crippen LogP contribution in [0.5, 0.6) is 11.6 Å². The molecule has 0 radical (unpaired) electrons. The molecule has 2 atom stereocenters. The third-order valence-electron chi connectivity index (χ3n) is 5.53. The van der Waals surface area contributed by atoms with Gasteiger partial charge in [-0.1, -0.05) is 0 Å². The number of nitrogens with zero attached hydrogens (tertiary/aromatic N) is 5. The van der Waals surface area contributed by atoms with Crippen LogP contribution in [-0.4, -0.2) is 38.3 Å². The Morgan fingerprint density at radius 3 is 2.77 bits per heavy atom. The van der Waals surface area contributed by atoms with Crippen LogP contribution in [0.2, 0.25) is 0 Å². The standard InChI is InChI=1S/C22H27N5O3/c1-4-27-10-9-17(24-27)6-5-15-12-21(25-26(2)22(15)28)30-14-16-11-19(16)20-8-7-18(29-3)13-23-20/h7-10,12-13,16,19H,4-6,11,14H2,1-3H3/t16-,19+/m1/s1. The van der Waals surface area contributed by atoms with Crippen molar-refractivity contribution in [2.45, 2.75) is 38.6 Å². The van der Waals surface area contributed by atoms with Crippen LogP contribution in [0.1, 0.15) is 36.2 Å². The molecule has 0 spiro atoms. The summed E-state index contributed by atoms with van der Waals surface area (Å²) in [6, 6.07) is 7.70. The Labute approximate surface area is 175 Å². The van der Waals surface area contributed by atoms with E-state index in [0.717, 1.165) is 30.1 Å². The lowest BCUT2D eigenvalue weighted by molar-refractivity contribution is 0.277. The number of hydrogen-bond acceptors (Lipinski definition) is 6. The monoisotopic (exact) mass is 409 g/mol. The fourth-order valence-corrected chi connectivity index (χ4v) is 3.58. The second-order valence-electron chi connectivity index (χ2n) is 7.64. The van der Waals surface area contributed by atoms with Crippen LogP contribution in [0, 0.1) is 5.92 Å². The Bertz CT molecular complexity index is 1060. The molecule has 0 aliphatic heterocycles. The highest BCUT2D eigenvalue weighted by molar-refractivity contribution is 5.25. The van der Waals surface area contributed by atoms with Gasteiger partial charge < -0.3 is 9.47 Å². The van der Waals surface area contributed by atoms with Crippen LogP contribution < -0.4 is 15.0 Å². The van der Waals surface area contributed by atoms with E-state index >= 15 is 0 Å². The molecule has 1 aliphatic rings. The van der Waals surface area contributed by atoms with Crippen LogP contribution in [0.15, 0.2) is 41.5 Å². The average Bonchev–Trinajstić information content (AvgIpc) is 3.40. The zero-order valence-corrected chi connectivity index (χ0v) is 17.6. The summed E-state index contributed by atoms with van der Waals surface area (Å²) < 4.78 is 14.3. The SMILES string of the molecule is CCn1ccc(CCc2cc(OC[C@H]3C[C@@H]3c3ccc(OC)cn3)nn(C)c2=O)n1. The van der Waals surface area contributed by atoms with E-state index in [1.54, 1.807) is 26.4 Å². The zero-order valence-electron chi connectivity index (χ0n) is 17.6. The molecule has 0 N–H and O–H groups in total. The molecule has 0 bridgehead atoms. The summed E-state index contributed by atoms with van der Waals surface area (Å²) in [6.45, 7) is 3.45. The Morgan fingerprint density at radius 2 is 2.07 bits per heavy atom. The molecule has 158 valence electrons. The predicted molar refractivity (Wildman–Crippen MR) is 112 cm³/mol. The zero-order chi connectivity index (χ0) is 21.1. The summed E-state index contributed by atoms with van der Waals surface area (Å²) in [5.74, 6) is 2.05. The average molecular weight is 409 g/mol. The lowest BCUT2D eigenvalue weighted by Crippen LogP contribution is -2.24. The van der Waals surface area contributed by atoms with E-state index in [1.165, 1.54) is 4.68 Å². The minimum absolute atomic E-state index is 0.0935. The van der Waals surface area contributed by atoms with Gasteiger partial charge in [-0.3, -0.25) is 14.5 Å². The van der Waals surface area contributed by atoms with Crippen molar-refractivity contribution in [2.75, 3.05) is 13.7 Å². The van der Waals surface area contributed by atoms with Crippen molar-refractivity contribution in [1.29, 1.82) is 0 Å². The number of aromatic nitrogens is 5. The van der Waals surface area contributed by atoms with E-state index in [1.807, 2.05) is 36.0 Å². The summed E-state index contributed by atoms with van der Waals surface area (Å²) in [5, 5.41) is 8.74. The molecule has 1 saturated carbocycles. The molecule has 30 heavy (non-hydrogen) atoms. The van der Waals surface area contributed by atoms with Gasteiger partial charge in [0.15, 0.2) is 0 Å². The normalized spacial score (nSPS) is 17.7. The van der Waals surface area contributed by atoms with Gasteiger partial charge in [0.1, 0.15) is 5.75 Å². The maximum atomic E-state index is 12.4. The highest BCUT2D eigenvalue weighted by Gasteiger charge is 2.40. The molecule has 3 aromatic heterocycles. The van der Waals surface area contributed by atoms with Crippen molar-refractivity contribution in [3.63, 3.8) is 0 Å². The fourth-order valence-electron chi connectivity index (χ4n) is 3.58. The fraction of sp³-hybridized carbons (Fsp3) is 0.455. The minimum atomic E-state index is -0.0935. The molecule has 0 saturated heterocycles. The third kappa shape index (κ3) is 4.53. The number of hydrogen-bond donors (Lipinski definition) is 0. The van der Waals surface area contributed by atoms with Crippen LogP contribution in [0.25, 0.3) is 0 Å². The van der Waals surface area contributed by atoms with Crippen molar-refractivity contribution >= 4 is 0 Å². The van der Waals surface area contributed by atoms with Crippen LogP contribution in [0.3, 0.4) is 0 Å². The molecule has 3 aromatic rings. The molecule has 1 aliphatic carbocycles. The van der Waals surface area contributed by atoms with Gasteiger partial charge in [-0.15, -0.1) is 5.10 Å². The second-order valence-corrected chi connectivity index (χ2v) is 7.64. The van der Waals surface area contributed by atoms with E-state index in [-0.39, 0.29) is 5.56 Å². The Kier molecular flexibility index (Phi) is 5.83. The summed E-state index contributed by atoms with van der Waals surface area (Å²) in [7, 11) is 3.29. The predicted octanol–water partition coefficient (Wildman–Crippen LogP) is 2.37. The molecular weight excluding hydrogens is 382 g/mol. The Morgan fingerprint density at radius 1 is 1.20 bits per heavy atom. The highest BCUT2D eigenvalue weighted by Crippen LogP contribution is 2.46. The van der Waals surface area contributed by atoms with E-state index in [0.29, 0.717) is 42.7 Å². The smallest absolute Gasteiger partial charge is 0.269 e. The van der Waals surface area contributed by atoms with E-state index in [4.69, 9.17) is 9.47 Å². The van der Waals surface area contributed by atoms with Gasteiger partial charge in [0.05, 0.1) is 25.6 Å². The second kappa shape index (κ2) is 8.69. The first-order valence-electron chi connectivity index (χ1n) is 10.3. The molecule has 1 fully saturated rings. The van der Waals surface area contributed by atoms with E-state index in [9.17, 15) is 4.79 Å². The van der Waals surface area contributed by atoms with Gasteiger partial charge in [-0.05, 0) is 44.4 Å². The maximum absolute atomic E-state index is 12.4. The van der Waals surface area contributed by atoms with Gasteiger partial charge in [0.25, 0.3) is 5.56 Å². The summed E-state index contributed by atoms with van der Waals surface area (Å²) in [5.41, 5.74) is 2.64. The summed E-state index contributed by atoms with van der Waals surface area (Å²) in [6.07, 6.45) is 6.06. The van der Waals surface area contributed by atoms with Gasteiger partial charge in [0.2, 0.25) is 5.88 Å². The maximum Gasteiger partial charge on any atom is 0.269 e. The van der Waals surface area contributed by atoms with Gasteiger partial charge in [-0.2, -0.15) is 5.10 Å². The third-order valence-corrected chi connectivity index (χ3v) is 5.53. The van der Waals surface area contributed by atoms with Crippen molar-refractivity contribution < 1.29 is 9.47 Å². The molecular formula is C22H27N5O3. The molecule has 0 amide bonds. The van der Waals surface area contributed by atoms with Crippen molar-refractivity contribution in [3.05, 3.63) is 64.0 Å². The number of aryl methyl sites for hydroxylation is 4. The minimum Gasteiger partial charge on any atom is -0.495 e. The van der Waals surface area contributed by atoms with Gasteiger partial charge >= 0.3 is 0 Å². The van der Waals surface area contributed by atoms with Gasteiger partial charge in [-0.25, -0.2) is 4.68 Å². The van der Waals surface area contributed by atoms with Gasteiger partial charge in [0, 0.05) is 48.9 Å². The van der Waals surface area contributed by atoms with E-state index < -0.39 is 0 Å². The summed E-state index contributed by atoms with van der Waals surface area (Å²) >= 11 is 0. The molecule has 8 nitrogen and oxygen atoms in total. The molecule has 8 heteroatoms. The van der Waals surface area contributed by atoms with Crippen molar-refractivity contribution in [3.8, 4) is 11.6 Å². The number of rotatable bonds is 9. The van der Waals surface area contributed by atoms with Crippen molar-refractivity contribution in [2.24, 2.45) is 13.0 Å². The van der Waals surface area contributed by atoms with Crippen LogP contribution in [-0.2, 0) is 26.4 Å². The molecule has 4 rings (SSSR count). The molecule has 0 unspecified atom stereocenters. The first-order valence-corrected chi connectivity index (χ1v) is 10.3. The Hall–Kier alpha value is -3.16. The number of methoxy groups -OCH3 is 1. The molecule has 0 aromatic carbocycles. The quantitative estimate of drug-likeness (QED) is 0.540. The van der Waals surface area contributed by atoms with E-state index in [2.05, 4.69) is 15.2 Å². The lowest BCUT2D eigenvalue weighted by Gasteiger charge is -2.09. The number of pyridine rings is 1. The molecule has 3 heterocycles.